The van der Waals surface area contributed by atoms with Gasteiger partial charge in [0, 0.05) is 5.56 Å². The van der Waals surface area contributed by atoms with E-state index in [0.717, 1.165) is 5.75 Å². The van der Waals surface area contributed by atoms with Crippen LogP contribution >= 0.6 is 0 Å². The maximum atomic E-state index is 6.20. The molecule has 2 atom stereocenters. The van der Waals surface area contributed by atoms with E-state index in [1.54, 1.807) is 0 Å². The number of rotatable bonds is 3. The van der Waals surface area contributed by atoms with E-state index in [4.69, 9.17) is 4.74 Å². The monoisotopic (exact) mass is 308 g/mol. The Labute approximate surface area is 140 Å². The van der Waals surface area contributed by atoms with E-state index in [1.165, 1.54) is 28.7 Å². The largest absolute Gasteiger partial charge is 0.483 e. The van der Waals surface area contributed by atoms with Crippen molar-refractivity contribution in [1.29, 1.82) is 0 Å². The summed E-state index contributed by atoms with van der Waals surface area (Å²) in [5, 5.41) is 0. The highest BCUT2D eigenvalue weighted by Crippen LogP contribution is 2.56. The summed E-state index contributed by atoms with van der Waals surface area (Å²) in [5.41, 5.74) is 5.30. The second kappa shape index (κ2) is 5.40. The Hall–Kier alpha value is -1.76. The molecular formula is C22H28O. The molecule has 2 aliphatic rings. The molecule has 0 N–H and O–H groups in total. The average Bonchev–Trinajstić information content (AvgIpc) is 3.15. The van der Waals surface area contributed by atoms with Crippen LogP contribution in [0, 0.1) is 5.92 Å². The van der Waals surface area contributed by atoms with Crippen molar-refractivity contribution in [2.45, 2.75) is 59.0 Å². The summed E-state index contributed by atoms with van der Waals surface area (Å²) in [6.45, 7) is 13.0. The molecule has 1 heteroatoms. The van der Waals surface area contributed by atoms with Gasteiger partial charge in [0.1, 0.15) is 11.4 Å². The van der Waals surface area contributed by atoms with E-state index in [1.807, 2.05) is 0 Å². The van der Waals surface area contributed by atoms with Crippen LogP contribution in [0.1, 0.15) is 59.1 Å². The van der Waals surface area contributed by atoms with Gasteiger partial charge in [-0.05, 0) is 75.7 Å². The second-order valence-corrected chi connectivity index (χ2v) is 7.86. The molecule has 0 saturated heterocycles. The quantitative estimate of drug-likeness (QED) is 0.617. The zero-order valence-corrected chi connectivity index (χ0v) is 15.2. The van der Waals surface area contributed by atoms with Gasteiger partial charge >= 0.3 is 0 Å². The van der Waals surface area contributed by atoms with E-state index in [9.17, 15) is 0 Å². The zero-order valence-electron chi connectivity index (χ0n) is 15.2. The fraction of sp³-hybridized carbons (Fsp3) is 0.455. The number of hydrogen-bond acceptors (Lipinski definition) is 1. The van der Waals surface area contributed by atoms with Crippen molar-refractivity contribution in [3.63, 3.8) is 0 Å². The number of benzene rings is 1. The van der Waals surface area contributed by atoms with Crippen molar-refractivity contribution in [2.75, 3.05) is 0 Å². The van der Waals surface area contributed by atoms with Crippen LogP contribution in [0.4, 0.5) is 0 Å². The van der Waals surface area contributed by atoms with Gasteiger partial charge in [0.25, 0.3) is 0 Å². The first-order valence-electron chi connectivity index (χ1n) is 8.60. The lowest BCUT2D eigenvalue weighted by Crippen LogP contribution is -2.28. The number of hydrogen-bond donors (Lipinski definition) is 0. The molecule has 1 aromatic carbocycles. The van der Waals surface area contributed by atoms with Crippen LogP contribution in [-0.2, 0) is 5.41 Å². The van der Waals surface area contributed by atoms with Gasteiger partial charge in [-0.2, -0.15) is 0 Å². The molecule has 3 rings (SSSR count). The predicted octanol–water partition coefficient (Wildman–Crippen LogP) is 6.06. The molecule has 0 aromatic heterocycles. The van der Waals surface area contributed by atoms with E-state index < -0.39 is 0 Å². The third-order valence-electron chi connectivity index (χ3n) is 5.35. The lowest BCUT2D eigenvalue weighted by molar-refractivity contribution is 0.158. The van der Waals surface area contributed by atoms with Crippen LogP contribution in [0.25, 0.3) is 5.57 Å². The van der Waals surface area contributed by atoms with Crippen LogP contribution in [0.15, 0.2) is 48.1 Å². The lowest BCUT2D eigenvalue weighted by Gasteiger charge is -2.31. The molecule has 0 bridgehead atoms. The molecule has 0 amide bonds. The summed E-state index contributed by atoms with van der Waals surface area (Å²) in [5.74, 6) is 1.66. The Morgan fingerprint density at radius 2 is 2.00 bits per heavy atom. The molecule has 1 aliphatic carbocycles. The predicted molar refractivity (Wildman–Crippen MR) is 98.8 cm³/mol. The normalized spacial score (nSPS) is 29.0. The summed E-state index contributed by atoms with van der Waals surface area (Å²) in [7, 11) is 0. The standard InChI is InChI=1S/C22H28O/c1-7-15(2)8-9-18-14-22(18,6)17-10-11-19-16(3)13-21(4,5)23-20(19)12-17/h7-13,18H,14H2,1-6H3/b9-8+,15-7+/t18-,22-/m0/s1. The summed E-state index contributed by atoms with van der Waals surface area (Å²) < 4.78 is 6.20. The van der Waals surface area contributed by atoms with Crippen molar-refractivity contribution in [3.8, 4) is 5.75 Å². The minimum atomic E-state index is -0.220. The molecule has 122 valence electrons. The van der Waals surface area contributed by atoms with Crippen molar-refractivity contribution < 1.29 is 4.74 Å². The van der Waals surface area contributed by atoms with E-state index >= 15 is 0 Å². The van der Waals surface area contributed by atoms with Gasteiger partial charge < -0.3 is 4.74 Å². The maximum Gasteiger partial charge on any atom is 0.128 e. The molecule has 0 radical (unpaired) electrons. The number of ether oxygens (including phenoxy) is 1. The van der Waals surface area contributed by atoms with Crippen LogP contribution < -0.4 is 4.74 Å². The Morgan fingerprint density at radius 3 is 2.70 bits per heavy atom. The highest BCUT2D eigenvalue weighted by atomic mass is 16.5. The summed E-state index contributed by atoms with van der Waals surface area (Å²) >= 11 is 0. The van der Waals surface area contributed by atoms with Crippen molar-refractivity contribution in [2.24, 2.45) is 5.92 Å². The molecule has 1 fully saturated rings. The Morgan fingerprint density at radius 1 is 1.26 bits per heavy atom. The van der Waals surface area contributed by atoms with Gasteiger partial charge in [0.15, 0.2) is 0 Å². The van der Waals surface area contributed by atoms with Gasteiger partial charge in [-0.3, -0.25) is 0 Å². The third-order valence-corrected chi connectivity index (χ3v) is 5.35. The highest BCUT2D eigenvalue weighted by molar-refractivity contribution is 5.72. The molecule has 1 aliphatic heterocycles. The van der Waals surface area contributed by atoms with Gasteiger partial charge in [-0.15, -0.1) is 0 Å². The van der Waals surface area contributed by atoms with Gasteiger partial charge in [0.05, 0.1) is 0 Å². The first-order chi connectivity index (χ1) is 10.7. The molecule has 1 heterocycles. The zero-order chi connectivity index (χ0) is 16.8. The fourth-order valence-corrected chi connectivity index (χ4v) is 3.57. The summed E-state index contributed by atoms with van der Waals surface area (Å²) in [6, 6.07) is 6.78. The first-order valence-corrected chi connectivity index (χ1v) is 8.60. The molecule has 1 saturated carbocycles. The minimum Gasteiger partial charge on any atom is -0.483 e. The summed E-state index contributed by atoms with van der Waals surface area (Å²) in [6.07, 6.45) is 10.2. The van der Waals surface area contributed by atoms with E-state index in [0.29, 0.717) is 5.92 Å². The van der Waals surface area contributed by atoms with E-state index in [-0.39, 0.29) is 11.0 Å². The number of allylic oxidation sites excluding steroid dienone is 5. The molecule has 0 unspecified atom stereocenters. The van der Waals surface area contributed by atoms with E-state index in [2.05, 4.69) is 84.0 Å². The molecule has 1 nitrogen and oxygen atoms in total. The van der Waals surface area contributed by atoms with Crippen molar-refractivity contribution >= 4 is 5.57 Å². The maximum absolute atomic E-state index is 6.20. The van der Waals surface area contributed by atoms with Crippen LogP contribution in [0.5, 0.6) is 5.75 Å². The second-order valence-electron chi connectivity index (χ2n) is 7.86. The van der Waals surface area contributed by atoms with Gasteiger partial charge in [-0.25, -0.2) is 0 Å². The lowest BCUT2D eigenvalue weighted by atomic mass is 9.90. The van der Waals surface area contributed by atoms with Crippen LogP contribution in [0.3, 0.4) is 0 Å². The summed E-state index contributed by atoms with van der Waals surface area (Å²) in [4.78, 5) is 0. The molecule has 23 heavy (non-hydrogen) atoms. The van der Waals surface area contributed by atoms with Crippen LogP contribution in [0.2, 0.25) is 0 Å². The van der Waals surface area contributed by atoms with Crippen LogP contribution in [-0.4, -0.2) is 5.60 Å². The van der Waals surface area contributed by atoms with Crippen molar-refractivity contribution in [1.82, 2.24) is 0 Å². The molecule has 1 aromatic rings. The first kappa shape index (κ1) is 16.1. The topological polar surface area (TPSA) is 9.23 Å². The Kier molecular flexibility index (Phi) is 3.78. The fourth-order valence-electron chi connectivity index (χ4n) is 3.57. The Balaban J connectivity index is 1.87. The van der Waals surface area contributed by atoms with Gasteiger partial charge in [-0.1, -0.05) is 42.9 Å². The smallest absolute Gasteiger partial charge is 0.128 e. The highest BCUT2D eigenvalue weighted by Gasteiger charge is 2.49. The van der Waals surface area contributed by atoms with Crippen molar-refractivity contribution in [3.05, 3.63) is 59.2 Å². The average molecular weight is 308 g/mol. The Bertz CT molecular complexity index is 717. The molecular weight excluding hydrogens is 280 g/mol. The molecule has 0 spiro atoms. The SMILES string of the molecule is C/C=C(C)/C=C/[C@H]1C[C@@]1(C)c1ccc2c(c1)OC(C)(C)C=C2C. The minimum absolute atomic E-state index is 0.220. The number of fused-ring (bicyclic) bond motifs is 1. The third kappa shape index (κ3) is 3.02. The van der Waals surface area contributed by atoms with Gasteiger partial charge in [0.2, 0.25) is 0 Å².